The summed E-state index contributed by atoms with van der Waals surface area (Å²) >= 11 is 11.5. The predicted molar refractivity (Wildman–Crippen MR) is 125 cm³/mol. The number of hydrogen-bond donors (Lipinski definition) is 3. The minimum Gasteiger partial charge on any atom is -0.362 e. The maximum Gasteiger partial charge on any atom is 0.264 e. The van der Waals surface area contributed by atoms with Gasteiger partial charge in [-0.3, -0.25) is 4.68 Å². The fraction of sp³-hybridized carbons (Fsp3) is 0.263. The minimum absolute atomic E-state index is 0.0119. The molecule has 0 saturated heterocycles. The molecule has 3 rings (SSSR count). The molecule has 0 radical (unpaired) electrons. The van der Waals surface area contributed by atoms with Gasteiger partial charge < -0.3 is 10.6 Å². The lowest BCUT2D eigenvalue weighted by Gasteiger charge is -2.12. The van der Waals surface area contributed by atoms with Gasteiger partial charge in [-0.05, 0) is 62.8 Å². The van der Waals surface area contributed by atoms with Crippen LogP contribution < -0.4 is 15.4 Å². The van der Waals surface area contributed by atoms with E-state index in [4.69, 9.17) is 23.8 Å². The zero-order valence-corrected chi connectivity index (χ0v) is 19.4. The predicted octanol–water partition coefficient (Wildman–Crippen LogP) is 3.12. The highest BCUT2D eigenvalue weighted by molar-refractivity contribution is 7.92. The molecule has 164 valence electrons. The Labute approximate surface area is 191 Å². The SMILES string of the molecule is Cc1nn(CCCNC(=S)Nc2ccc(S(=O)(=O)Nc3ncccn3)cc2)c(C)c1Cl. The van der Waals surface area contributed by atoms with Gasteiger partial charge in [-0.1, -0.05) is 11.6 Å². The van der Waals surface area contributed by atoms with E-state index in [2.05, 4.69) is 30.4 Å². The van der Waals surface area contributed by atoms with E-state index in [1.54, 1.807) is 18.2 Å². The van der Waals surface area contributed by atoms with E-state index >= 15 is 0 Å². The number of thiocarbonyl (C=S) groups is 1. The minimum atomic E-state index is -3.78. The van der Waals surface area contributed by atoms with Crippen LogP contribution in [0.5, 0.6) is 0 Å². The molecule has 3 aromatic rings. The molecule has 9 nitrogen and oxygen atoms in total. The van der Waals surface area contributed by atoms with E-state index in [0.29, 0.717) is 22.4 Å². The molecule has 0 bridgehead atoms. The van der Waals surface area contributed by atoms with Crippen LogP contribution in [0.1, 0.15) is 17.8 Å². The molecule has 0 aliphatic carbocycles. The quantitative estimate of drug-likeness (QED) is 0.333. The average Bonchev–Trinajstić information content (AvgIpc) is 2.99. The van der Waals surface area contributed by atoms with Crippen molar-refractivity contribution in [2.24, 2.45) is 0 Å². The Balaban J connectivity index is 1.47. The lowest BCUT2D eigenvalue weighted by atomic mass is 10.3. The maximum atomic E-state index is 12.4. The van der Waals surface area contributed by atoms with Crippen molar-refractivity contribution in [3.8, 4) is 0 Å². The van der Waals surface area contributed by atoms with Crippen molar-refractivity contribution in [2.75, 3.05) is 16.6 Å². The Bertz CT molecular complexity index is 1150. The summed E-state index contributed by atoms with van der Waals surface area (Å²) in [6.07, 6.45) is 3.72. The Morgan fingerprint density at radius 2 is 1.84 bits per heavy atom. The normalized spacial score (nSPS) is 11.2. The monoisotopic (exact) mass is 479 g/mol. The first-order chi connectivity index (χ1) is 14.8. The standard InChI is InChI=1S/C19H22ClN7O2S2/c1-13-17(20)14(2)27(25-13)12-4-11-23-19(30)24-15-5-7-16(8-6-15)31(28,29)26-18-21-9-3-10-22-18/h3,5-10H,4,11-12H2,1-2H3,(H,21,22,26)(H2,23,24,30). The molecule has 3 N–H and O–H groups in total. The number of aromatic nitrogens is 4. The smallest absolute Gasteiger partial charge is 0.264 e. The number of hydrogen-bond acceptors (Lipinski definition) is 6. The molecule has 0 saturated carbocycles. The second-order valence-corrected chi connectivity index (χ2v) is 9.11. The lowest BCUT2D eigenvalue weighted by molar-refractivity contribution is 0.558. The number of benzene rings is 1. The number of sulfonamides is 1. The van der Waals surface area contributed by atoms with Crippen molar-refractivity contribution in [3.05, 3.63) is 59.1 Å². The largest absolute Gasteiger partial charge is 0.362 e. The van der Waals surface area contributed by atoms with Gasteiger partial charge in [0.05, 0.1) is 21.3 Å². The molecule has 0 aliphatic heterocycles. The lowest BCUT2D eigenvalue weighted by Crippen LogP contribution is -2.29. The Hall–Kier alpha value is -2.76. The van der Waals surface area contributed by atoms with Crippen LogP contribution in [-0.4, -0.2) is 39.8 Å². The molecular formula is C19H22ClN7O2S2. The van der Waals surface area contributed by atoms with Gasteiger partial charge in [0.15, 0.2) is 5.11 Å². The Kier molecular flexibility index (Phi) is 7.42. The molecule has 0 fully saturated rings. The summed E-state index contributed by atoms with van der Waals surface area (Å²) in [5.74, 6) is 0.0119. The van der Waals surface area contributed by atoms with Crippen LogP contribution in [0.15, 0.2) is 47.6 Å². The van der Waals surface area contributed by atoms with Crippen molar-refractivity contribution < 1.29 is 8.42 Å². The third-order valence-electron chi connectivity index (χ3n) is 4.34. The van der Waals surface area contributed by atoms with Crippen molar-refractivity contribution in [3.63, 3.8) is 0 Å². The zero-order chi connectivity index (χ0) is 22.4. The molecule has 0 amide bonds. The first kappa shape index (κ1) is 22.9. The summed E-state index contributed by atoms with van der Waals surface area (Å²) in [5.41, 5.74) is 2.43. The molecule has 0 aliphatic rings. The van der Waals surface area contributed by atoms with Gasteiger partial charge in [-0.25, -0.2) is 23.1 Å². The van der Waals surface area contributed by atoms with E-state index < -0.39 is 10.0 Å². The van der Waals surface area contributed by atoms with Crippen LogP contribution in [0.2, 0.25) is 5.02 Å². The van der Waals surface area contributed by atoms with Gasteiger partial charge in [-0.15, -0.1) is 0 Å². The fourth-order valence-electron chi connectivity index (χ4n) is 2.75. The van der Waals surface area contributed by atoms with E-state index in [1.165, 1.54) is 24.5 Å². The zero-order valence-electron chi connectivity index (χ0n) is 17.0. The first-order valence-corrected chi connectivity index (χ1v) is 11.7. The number of anilines is 2. The van der Waals surface area contributed by atoms with E-state index in [9.17, 15) is 8.42 Å². The van der Waals surface area contributed by atoms with Crippen molar-refractivity contribution >= 4 is 50.6 Å². The highest BCUT2D eigenvalue weighted by Crippen LogP contribution is 2.19. The van der Waals surface area contributed by atoms with Gasteiger partial charge in [0.25, 0.3) is 10.0 Å². The molecule has 0 unspecified atom stereocenters. The Morgan fingerprint density at radius 3 is 2.45 bits per heavy atom. The van der Waals surface area contributed by atoms with E-state index in [1.807, 2.05) is 18.5 Å². The van der Waals surface area contributed by atoms with Gasteiger partial charge in [0.2, 0.25) is 5.95 Å². The number of nitrogens with zero attached hydrogens (tertiary/aromatic N) is 4. The van der Waals surface area contributed by atoms with Gasteiger partial charge in [0.1, 0.15) is 0 Å². The van der Waals surface area contributed by atoms with E-state index in [-0.39, 0.29) is 10.8 Å². The summed E-state index contributed by atoms with van der Waals surface area (Å²) in [4.78, 5) is 7.81. The van der Waals surface area contributed by atoms with Gasteiger partial charge in [-0.2, -0.15) is 5.10 Å². The first-order valence-electron chi connectivity index (χ1n) is 9.40. The van der Waals surface area contributed by atoms with Crippen molar-refractivity contribution in [1.29, 1.82) is 0 Å². The second kappa shape index (κ2) is 10.0. The van der Waals surface area contributed by atoms with Crippen LogP contribution in [0.25, 0.3) is 0 Å². The highest BCUT2D eigenvalue weighted by Gasteiger charge is 2.15. The second-order valence-electron chi connectivity index (χ2n) is 6.64. The number of rotatable bonds is 8. The van der Waals surface area contributed by atoms with Crippen LogP contribution in [-0.2, 0) is 16.6 Å². The van der Waals surface area contributed by atoms with Gasteiger partial charge >= 0.3 is 0 Å². The Morgan fingerprint density at radius 1 is 1.16 bits per heavy atom. The van der Waals surface area contributed by atoms with Crippen LogP contribution in [0.4, 0.5) is 11.6 Å². The molecule has 1 aromatic carbocycles. The number of halogens is 1. The van der Waals surface area contributed by atoms with Crippen molar-refractivity contribution in [2.45, 2.75) is 31.7 Å². The summed E-state index contributed by atoms with van der Waals surface area (Å²) < 4.78 is 29.0. The third-order valence-corrected chi connectivity index (χ3v) is 6.48. The third kappa shape index (κ3) is 6.12. The highest BCUT2D eigenvalue weighted by atomic mass is 35.5. The summed E-state index contributed by atoms with van der Waals surface area (Å²) in [6, 6.07) is 7.81. The fourth-order valence-corrected chi connectivity index (χ4v) is 4.06. The van der Waals surface area contributed by atoms with Crippen LogP contribution in [0.3, 0.4) is 0 Å². The summed E-state index contributed by atoms with van der Waals surface area (Å²) in [6.45, 7) is 5.19. The summed E-state index contributed by atoms with van der Waals surface area (Å²) in [7, 11) is -3.78. The van der Waals surface area contributed by atoms with Crippen LogP contribution in [0, 0.1) is 13.8 Å². The molecule has 12 heteroatoms. The molecule has 31 heavy (non-hydrogen) atoms. The van der Waals surface area contributed by atoms with Gasteiger partial charge in [0, 0.05) is 31.2 Å². The molecule has 2 heterocycles. The topological polar surface area (TPSA) is 114 Å². The average molecular weight is 480 g/mol. The molecular weight excluding hydrogens is 458 g/mol. The molecule has 2 aromatic heterocycles. The number of aryl methyl sites for hydroxylation is 2. The van der Waals surface area contributed by atoms with Crippen LogP contribution >= 0.6 is 23.8 Å². The molecule has 0 atom stereocenters. The van der Waals surface area contributed by atoms with E-state index in [0.717, 1.165) is 24.4 Å². The number of nitrogens with one attached hydrogen (secondary N) is 3. The molecule has 0 spiro atoms. The summed E-state index contributed by atoms with van der Waals surface area (Å²) in [5, 5.41) is 11.7. The maximum absolute atomic E-state index is 12.4. The van der Waals surface area contributed by atoms with Crippen molar-refractivity contribution in [1.82, 2.24) is 25.1 Å².